The van der Waals surface area contributed by atoms with Crippen molar-refractivity contribution in [3.8, 4) is 0 Å². The van der Waals surface area contributed by atoms with Gasteiger partial charge in [-0.25, -0.2) is 14.4 Å². The van der Waals surface area contributed by atoms with Gasteiger partial charge in [-0.2, -0.15) is 0 Å². The summed E-state index contributed by atoms with van der Waals surface area (Å²) in [7, 11) is 0. The Morgan fingerprint density at radius 3 is 2.35 bits per heavy atom. The Morgan fingerprint density at radius 1 is 1.00 bits per heavy atom. The van der Waals surface area contributed by atoms with Gasteiger partial charge < -0.3 is 10.2 Å². The van der Waals surface area contributed by atoms with Gasteiger partial charge in [-0.15, -0.1) is 0 Å². The standard InChI is InChI=1S/C21H23FN4/c1-15(2)26(14-17-7-5-4-6-8-17)21-13-20(23-16(3)24-21)25-19-11-9-18(22)10-12-19/h4-13,15H,14H2,1-3H3,(H,23,24,25). The first-order valence-corrected chi connectivity index (χ1v) is 8.70. The zero-order chi connectivity index (χ0) is 18.5. The van der Waals surface area contributed by atoms with Crippen molar-refractivity contribution in [2.45, 2.75) is 33.4 Å². The van der Waals surface area contributed by atoms with E-state index in [2.05, 4.69) is 46.2 Å². The van der Waals surface area contributed by atoms with Crippen LogP contribution in [-0.2, 0) is 6.54 Å². The molecule has 0 aliphatic rings. The van der Waals surface area contributed by atoms with Gasteiger partial charge in [0.1, 0.15) is 23.3 Å². The first kappa shape index (κ1) is 17.9. The summed E-state index contributed by atoms with van der Waals surface area (Å²) < 4.78 is 13.1. The second kappa shape index (κ2) is 7.95. The summed E-state index contributed by atoms with van der Waals surface area (Å²) in [6.45, 7) is 6.94. The van der Waals surface area contributed by atoms with Gasteiger partial charge >= 0.3 is 0 Å². The van der Waals surface area contributed by atoms with Gasteiger partial charge in [0.2, 0.25) is 0 Å². The van der Waals surface area contributed by atoms with E-state index in [4.69, 9.17) is 0 Å². The van der Waals surface area contributed by atoms with Crippen molar-refractivity contribution in [2.75, 3.05) is 10.2 Å². The first-order chi connectivity index (χ1) is 12.5. The molecule has 0 amide bonds. The molecule has 0 fully saturated rings. The summed E-state index contributed by atoms with van der Waals surface area (Å²) in [5.41, 5.74) is 2.01. The second-order valence-electron chi connectivity index (χ2n) is 6.50. The number of nitrogens with one attached hydrogen (secondary N) is 1. The molecular formula is C21H23FN4. The molecule has 0 radical (unpaired) electrons. The van der Waals surface area contributed by atoms with Crippen LogP contribution in [0.25, 0.3) is 0 Å². The van der Waals surface area contributed by atoms with Crippen LogP contribution in [0.3, 0.4) is 0 Å². The van der Waals surface area contributed by atoms with Crippen LogP contribution in [0.2, 0.25) is 0 Å². The Bertz CT molecular complexity index is 848. The maximum absolute atomic E-state index is 13.1. The highest BCUT2D eigenvalue weighted by Crippen LogP contribution is 2.23. The summed E-state index contributed by atoms with van der Waals surface area (Å²) in [6.07, 6.45) is 0. The smallest absolute Gasteiger partial charge is 0.136 e. The van der Waals surface area contributed by atoms with Crippen molar-refractivity contribution >= 4 is 17.3 Å². The van der Waals surface area contributed by atoms with Crippen LogP contribution in [-0.4, -0.2) is 16.0 Å². The Kier molecular flexibility index (Phi) is 5.46. The van der Waals surface area contributed by atoms with E-state index in [0.29, 0.717) is 11.6 Å². The van der Waals surface area contributed by atoms with Crippen molar-refractivity contribution in [1.29, 1.82) is 0 Å². The fourth-order valence-corrected chi connectivity index (χ4v) is 2.75. The minimum atomic E-state index is -0.260. The number of hydrogen-bond donors (Lipinski definition) is 1. The summed E-state index contributed by atoms with van der Waals surface area (Å²) in [6, 6.07) is 18.8. The van der Waals surface area contributed by atoms with E-state index in [1.807, 2.05) is 31.2 Å². The lowest BCUT2D eigenvalue weighted by molar-refractivity contribution is 0.628. The Hall–Kier alpha value is -2.95. The number of benzene rings is 2. The topological polar surface area (TPSA) is 41.1 Å². The highest BCUT2D eigenvalue weighted by Gasteiger charge is 2.15. The molecule has 2 aromatic carbocycles. The third-order valence-corrected chi connectivity index (χ3v) is 4.05. The van der Waals surface area contributed by atoms with Crippen LogP contribution in [0.1, 0.15) is 25.2 Å². The van der Waals surface area contributed by atoms with Crippen molar-refractivity contribution in [3.63, 3.8) is 0 Å². The second-order valence-corrected chi connectivity index (χ2v) is 6.50. The van der Waals surface area contributed by atoms with Crippen molar-refractivity contribution < 1.29 is 4.39 Å². The molecule has 3 aromatic rings. The molecule has 0 saturated heterocycles. The maximum Gasteiger partial charge on any atom is 0.136 e. The zero-order valence-electron chi connectivity index (χ0n) is 15.3. The van der Waals surface area contributed by atoms with E-state index in [1.165, 1.54) is 17.7 Å². The Morgan fingerprint density at radius 2 is 1.69 bits per heavy atom. The zero-order valence-corrected chi connectivity index (χ0v) is 15.3. The van der Waals surface area contributed by atoms with Gasteiger partial charge in [-0.3, -0.25) is 0 Å². The third kappa shape index (κ3) is 4.57. The molecule has 0 atom stereocenters. The van der Waals surface area contributed by atoms with Gasteiger partial charge in [-0.05, 0) is 50.6 Å². The van der Waals surface area contributed by atoms with E-state index in [0.717, 1.165) is 18.1 Å². The van der Waals surface area contributed by atoms with Crippen molar-refractivity contribution in [2.24, 2.45) is 0 Å². The van der Waals surface area contributed by atoms with E-state index in [9.17, 15) is 4.39 Å². The lowest BCUT2D eigenvalue weighted by atomic mass is 10.2. The largest absolute Gasteiger partial charge is 0.350 e. The molecule has 0 aliphatic heterocycles. The molecule has 1 N–H and O–H groups in total. The molecule has 4 nitrogen and oxygen atoms in total. The molecule has 5 heteroatoms. The molecule has 134 valence electrons. The number of hydrogen-bond acceptors (Lipinski definition) is 4. The van der Waals surface area contributed by atoms with Crippen LogP contribution in [0.4, 0.5) is 21.7 Å². The number of aryl methyl sites for hydroxylation is 1. The summed E-state index contributed by atoms with van der Waals surface area (Å²) in [4.78, 5) is 11.3. The lowest BCUT2D eigenvalue weighted by Crippen LogP contribution is -2.31. The SMILES string of the molecule is Cc1nc(Nc2ccc(F)cc2)cc(N(Cc2ccccc2)C(C)C)n1. The molecule has 0 aliphatic carbocycles. The fraction of sp³-hybridized carbons (Fsp3) is 0.238. The summed E-state index contributed by atoms with van der Waals surface area (Å²) >= 11 is 0. The Balaban J connectivity index is 1.87. The van der Waals surface area contributed by atoms with E-state index >= 15 is 0 Å². The number of aromatic nitrogens is 2. The molecule has 0 saturated carbocycles. The van der Waals surface area contributed by atoms with Crippen LogP contribution < -0.4 is 10.2 Å². The molecule has 3 rings (SSSR count). The monoisotopic (exact) mass is 350 g/mol. The fourth-order valence-electron chi connectivity index (χ4n) is 2.75. The highest BCUT2D eigenvalue weighted by molar-refractivity contribution is 5.59. The van der Waals surface area contributed by atoms with Crippen LogP contribution in [0.5, 0.6) is 0 Å². The minimum Gasteiger partial charge on any atom is -0.350 e. The lowest BCUT2D eigenvalue weighted by Gasteiger charge is -2.28. The Labute approximate surface area is 153 Å². The van der Waals surface area contributed by atoms with Gasteiger partial charge in [0.25, 0.3) is 0 Å². The van der Waals surface area contributed by atoms with E-state index in [-0.39, 0.29) is 11.9 Å². The van der Waals surface area contributed by atoms with Gasteiger partial charge in [-0.1, -0.05) is 30.3 Å². The predicted molar refractivity (Wildman–Crippen MR) is 104 cm³/mol. The molecule has 0 spiro atoms. The van der Waals surface area contributed by atoms with E-state index in [1.54, 1.807) is 12.1 Å². The summed E-state index contributed by atoms with van der Waals surface area (Å²) in [5.74, 6) is 1.98. The highest BCUT2D eigenvalue weighted by atomic mass is 19.1. The minimum absolute atomic E-state index is 0.260. The van der Waals surface area contributed by atoms with E-state index < -0.39 is 0 Å². The van der Waals surface area contributed by atoms with Gasteiger partial charge in [0, 0.05) is 24.3 Å². The van der Waals surface area contributed by atoms with Gasteiger partial charge in [0.15, 0.2) is 0 Å². The summed E-state index contributed by atoms with van der Waals surface area (Å²) in [5, 5.41) is 3.23. The number of rotatable bonds is 6. The molecule has 0 unspecified atom stereocenters. The average Bonchev–Trinajstić information content (AvgIpc) is 2.62. The van der Waals surface area contributed by atoms with Gasteiger partial charge in [0.05, 0.1) is 0 Å². The van der Waals surface area contributed by atoms with Crippen LogP contribution in [0, 0.1) is 12.7 Å². The van der Waals surface area contributed by atoms with Crippen molar-refractivity contribution in [1.82, 2.24) is 9.97 Å². The molecule has 26 heavy (non-hydrogen) atoms. The van der Waals surface area contributed by atoms with Crippen LogP contribution in [0.15, 0.2) is 60.7 Å². The number of nitrogens with zero attached hydrogens (tertiary/aromatic N) is 3. The number of halogens is 1. The maximum atomic E-state index is 13.1. The molecule has 1 heterocycles. The first-order valence-electron chi connectivity index (χ1n) is 8.70. The normalized spacial score (nSPS) is 10.8. The van der Waals surface area contributed by atoms with Crippen LogP contribution >= 0.6 is 0 Å². The number of anilines is 3. The quantitative estimate of drug-likeness (QED) is 0.673. The molecule has 0 bridgehead atoms. The van der Waals surface area contributed by atoms with Crippen molar-refractivity contribution in [3.05, 3.63) is 77.9 Å². The molecule has 1 aromatic heterocycles. The third-order valence-electron chi connectivity index (χ3n) is 4.05. The molecular weight excluding hydrogens is 327 g/mol. The predicted octanol–water partition coefficient (Wildman–Crippen LogP) is 5.08. The average molecular weight is 350 g/mol.